The number of hydrogen-bond donors (Lipinski definition) is 0. The molecule has 14 heteroatoms. The Balaban J connectivity index is -0.000000173. The molecule has 0 saturated carbocycles. The monoisotopic (exact) mass is 1260 g/mol. The molecule has 0 aromatic heterocycles. The Morgan fingerprint density at radius 2 is 0.591 bits per heavy atom. The number of rotatable bonds is 0. The Bertz CT molecular complexity index is 1690. The third-order valence-electron chi connectivity index (χ3n) is 18.5. The van der Waals surface area contributed by atoms with Crippen LogP contribution in [-0.2, 0) is 19.2 Å². The number of carbonyl (C=O) groups is 4. The predicted octanol–water partition coefficient (Wildman–Crippen LogP) is 16.0. The minimum atomic E-state index is -0.0122. The number of likely N-dealkylation sites (tertiary alicyclic amines) is 10. The Morgan fingerprint density at radius 1 is 0.284 bits per heavy atom. The molecule has 10 saturated heterocycles. The molecule has 4 amide bonds. The van der Waals surface area contributed by atoms with E-state index >= 15 is 0 Å². The number of carbonyl (C=O) groups excluding carboxylic acids is 4. The van der Waals surface area contributed by atoms with Gasteiger partial charge in [-0.15, -0.1) is 0 Å². The van der Waals surface area contributed by atoms with Gasteiger partial charge in [0.2, 0.25) is 23.6 Å². The van der Waals surface area contributed by atoms with Gasteiger partial charge in [0.1, 0.15) is 0 Å². The SMILES string of the molecule is C.C.C=C1CCCC2(CCN(C)CC2)N1C.CC.CC.CC.CC.CC.CC.CC.CC.CC.CC.CN1CCC2(CCC(=O)N2C)C1.CN1CCC2(CCCN(C)C2=O)C1.CN1CCC2(CCCN(C)C2=O)CC1.CN1CCCC2(CCN(C)C2=O)C1. The number of hydrogen-bond acceptors (Lipinski definition) is 10. The van der Waals surface area contributed by atoms with Gasteiger partial charge in [-0.05, 0) is 171 Å². The van der Waals surface area contributed by atoms with Crippen molar-refractivity contribution in [3.8, 4) is 0 Å². The standard InChI is InChI=1S/C12H22N2.C11H20N2O.2C10H18N2O.C9H16N2O.10C2H6.2CH4/c1-11-5-4-6-12(14(11)3)7-9-13(2)10-8-12;1-12-8-5-11(6-9-12)4-3-7-13(2)10(11)14;1-11-7-5-10(8-11)4-3-6-12(2)9(10)13;1-11-6-3-4-10(8-11)5-7-12(2)9(10)13;1-10-6-5-9(7-10)4-3-8(12)11(9)2;10*1-2;;/h1,4-10H2,2-3H3;3-9H2,1-2H3;2*3-8H2,1-2H3;3-7H2,1-2H3;10*1-2H3;2*1H4. The van der Waals surface area contributed by atoms with Gasteiger partial charge in [0.25, 0.3) is 0 Å². The first-order valence-electron chi connectivity index (χ1n) is 36.1. The molecule has 0 N–H and O–H groups in total. The van der Waals surface area contributed by atoms with E-state index in [1.807, 2.05) is 186 Å². The third-order valence-corrected chi connectivity index (χ3v) is 18.5. The summed E-state index contributed by atoms with van der Waals surface area (Å²) in [5.74, 6) is 1.48. The van der Waals surface area contributed by atoms with E-state index in [2.05, 4.69) is 78.3 Å². The van der Waals surface area contributed by atoms with Crippen LogP contribution in [0.2, 0.25) is 0 Å². The molecule has 10 fully saturated rings. The zero-order valence-corrected chi connectivity index (χ0v) is 63.7. The average Bonchev–Trinajstić information content (AvgIpc) is 1.73. The summed E-state index contributed by atoms with van der Waals surface area (Å²) >= 11 is 0. The Kier molecular flexibility index (Phi) is 61.5. The molecule has 5 spiro atoms. The molecule has 0 aromatic rings. The van der Waals surface area contributed by atoms with Gasteiger partial charge < -0.3 is 49.0 Å². The van der Waals surface area contributed by atoms with Crippen LogP contribution in [0, 0.1) is 16.2 Å². The Labute approximate surface area is 553 Å². The molecular formula is C74H162N10O4. The summed E-state index contributed by atoms with van der Waals surface area (Å²) in [6.07, 6.45) is 20.6. The molecule has 3 atom stereocenters. The maximum atomic E-state index is 12.1. The van der Waals surface area contributed by atoms with E-state index < -0.39 is 0 Å². The highest BCUT2D eigenvalue weighted by Crippen LogP contribution is 2.43. The van der Waals surface area contributed by atoms with Gasteiger partial charge in [0.15, 0.2) is 0 Å². The van der Waals surface area contributed by atoms with Crippen molar-refractivity contribution < 1.29 is 19.2 Å². The molecule has 0 bridgehead atoms. The zero-order valence-electron chi connectivity index (χ0n) is 63.7. The zero-order chi connectivity index (χ0) is 68.1. The molecule has 532 valence electrons. The molecule has 10 aliphatic heterocycles. The lowest BCUT2D eigenvalue weighted by molar-refractivity contribution is -0.148. The number of piperidine rings is 6. The van der Waals surface area contributed by atoms with Crippen LogP contribution in [0.4, 0.5) is 0 Å². The average molecular weight is 1260 g/mol. The van der Waals surface area contributed by atoms with Gasteiger partial charge in [0, 0.05) is 112 Å². The largest absolute Gasteiger partial charge is 0.373 e. The quantitative estimate of drug-likeness (QED) is 0.233. The van der Waals surface area contributed by atoms with E-state index in [1.165, 1.54) is 70.2 Å². The molecule has 10 heterocycles. The van der Waals surface area contributed by atoms with E-state index in [0.29, 0.717) is 29.2 Å². The van der Waals surface area contributed by atoms with Gasteiger partial charge in [-0.1, -0.05) is 160 Å². The first-order chi connectivity index (χ1) is 41.2. The lowest BCUT2D eigenvalue weighted by Gasteiger charge is -2.51. The molecule has 10 aliphatic rings. The van der Waals surface area contributed by atoms with Crippen molar-refractivity contribution in [3.05, 3.63) is 12.3 Å². The highest BCUT2D eigenvalue weighted by Gasteiger charge is 2.49. The first kappa shape index (κ1) is 98.8. The minimum Gasteiger partial charge on any atom is -0.373 e. The molecule has 88 heavy (non-hydrogen) atoms. The van der Waals surface area contributed by atoms with Crippen LogP contribution in [0.15, 0.2) is 12.3 Å². The number of allylic oxidation sites excluding steroid dienone is 1. The lowest BCUT2D eigenvalue weighted by atomic mass is 9.72. The van der Waals surface area contributed by atoms with Gasteiger partial charge in [0.05, 0.1) is 21.8 Å². The van der Waals surface area contributed by atoms with Crippen molar-refractivity contribution in [1.29, 1.82) is 0 Å². The molecule has 14 nitrogen and oxygen atoms in total. The summed E-state index contributed by atoms with van der Waals surface area (Å²) in [6, 6.07) is 0. The van der Waals surface area contributed by atoms with Gasteiger partial charge in [-0.25, -0.2) is 0 Å². The minimum absolute atomic E-state index is 0. The number of likely N-dealkylation sites (N-methyl/N-ethyl adjacent to an activating group) is 2. The van der Waals surface area contributed by atoms with Crippen molar-refractivity contribution in [2.24, 2.45) is 16.2 Å². The maximum absolute atomic E-state index is 12.1. The predicted molar refractivity (Wildman–Crippen MR) is 393 cm³/mol. The summed E-state index contributed by atoms with van der Waals surface area (Å²) in [4.78, 5) is 69.2. The molecule has 0 aromatic carbocycles. The second kappa shape index (κ2) is 54.7. The Hall–Kier alpha value is -2.78. The van der Waals surface area contributed by atoms with Crippen LogP contribution in [-0.4, -0.2) is 239 Å². The lowest BCUT2D eigenvalue weighted by Crippen LogP contribution is -2.54. The normalized spacial score (nSPS) is 25.5. The van der Waals surface area contributed by atoms with Crippen molar-refractivity contribution >= 4 is 23.6 Å². The summed E-state index contributed by atoms with van der Waals surface area (Å²) in [5, 5.41) is 0. The maximum Gasteiger partial charge on any atom is 0.229 e. The van der Waals surface area contributed by atoms with Crippen molar-refractivity contribution in [2.45, 2.75) is 280 Å². The first-order valence-corrected chi connectivity index (χ1v) is 36.1. The van der Waals surface area contributed by atoms with Crippen LogP contribution in [0.25, 0.3) is 0 Å². The van der Waals surface area contributed by atoms with Crippen molar-refractivity contribution in [1.82, 2.24) is 49.0 Å². The van der Waals surface area contributed by atoms with E-state index in [0.717, 1.165) is 136 Å². The number of amides is 4. The highest BCUT2D eigenvalue weighted by molar-refractivity contribution is 5.85. The van der Waals surface area contributed by atoms with Crippen LogP contribution in [0.3, 0.4) is 0 Å². The van der Waals surface area contributed by atoms with Gasteiger partial charge >= 0.3 is 0 Å². The fourth-order valence-corrected chi connectivity index (χ4v) is 13.6. The fourth-order valence-electron chi connectivity index (χ4n) is 13.6. The van der Waals surface area contributed by atoms with E-state index in [1.54, 1.807) is 0 Å². The van der Waals surface area contributed by atoms with Crippen LogP contribution in [0.1, 0.15) is 269 Å². The third kappa shape index (κ3) is 29.4. The topological polar surface area (TPSA) is 101 Å². The van der Waals surface area contributed by atoms with E-state index in [4.69, 9.17) is 0 Å². The summed E-state index contributed by atoms with van der Waals surface area (Å²) in [5.41, 5.74) is 2.00. The fraction of sp³-hybridized carbons (Fsp3) is 0.919. The molecule has 10 rings (SSSR count). The van der Waals surface area contributed by atoms with E-state index in [9.17, 15) is 19.2 Å². The molecular weight excluding hydrogens is 1090 g/mol. The summed E-state index contributed by atoms with van der Waals surface area (Å²) in [7, 11) is 20.7. The second-order valence-electron chi connectivity index (χ2n) is 23.3. The van der Waals surface area contributed by atoms with Crippen LogP contribution in [0.5, 0.6) is 0 Å². The van der Waals surface area contributed by atoms with Crippen LogP contribution < -0.4 is 0 Å². The Morgan fingerprint density at radius 3 is 0.932 bits per heavy atom. The second-order valence-corrected chi connectivity index (χ2v) is 23.3. The molecule has 0 aliphatic carbocycles. The molecule has 0 radical (unpaired) electrons. The molecule has 3 unspecified atom stereocenters. The van der Waals surface area contributed by atoms with Crippen molar-refractivity contribution in [3.63, 3.8) is 0 Å². The van der Waals surface area contributed by atoms with Crippen molar-refractivity contribution in [2.75, 3.05) is 156 Å². The van der Waals surface area contributed by atoms with Crippen LogP contribution >= 0.6 is 0 Å². The summed E-state index contributed by atoms with van der Waals surface area (Å²) < 4.78 is 0. The smallest absolute Gasteiger partial charge is 0.229 e. The highest BCUT2D eigenvalue weighted by atomic mass is 16.2. The van der Waals surface area contributed by atoms with Gasteiger partial charge in [-0.2, -0.15) is 0 Å². The number of nitrogens with zero attached hydrogens (tertiary/aromatic N) is 10. The van der Waals surface area contributed by atoms with Gasteiger partial charge in [-0.3, -0.25) is 19.2 Å². The summed E-state index contributed by atoms with van der Waals surface area (Å²) in [6.45, 7) is 58.1. The van der Waals surface area contributed by atoms with E-state index in [-0.39, 0.29) is 36.6 Å².